The third-order valence-electron chi connectivity index (χ3n) is 6.21. The van der Waals surface area contributed by atoms with Crippen LogP contribution in [0.15, 0.2) is 18.2 Å². The van der Waals surface area contributed by atoms with E-state index in [2.05, 4.69) is 13.0 Å². The molecule has 0 radical (unpaired) electrons. The van der Waals surface area contributed by atoms with E-state index in [0.717, 1.165) is 42.7 Å². The first-order chi connectivity index (χ1) is 13.3. The van der Waals surface area contributed by atoms with Crippen molar-refractivity contribution >= 4 is 5.91 Å². The molecule has 1 aromatic rings. The van der Waals surface area contributed by atoms with Gasteiger partial charge in [0.25, 0.3) is 0 Å². The first-order valence-electron chi connectivity index (χ1n) is 9.88. The minimum Gasteiger partial charge on any atom is -0.497 e. The molecule has 1 saturated carbocycles. The number of likely N-dealkylation sites (N-methyl/N-ethyl adjacent to an activating group) is 2. The second-order valence-electron chi connectivity index (χ2n) is 7.99. The average molecular weight is 388 g/mol. The highest BCUT2D eigenvalue weighted by molar-refractivity contribution is 5.82. The minimum absolute atomic E-state index is 0.0221. The van der Waals surface area contributed by atoms with Crippen molar-refractivity contribution in [1.29, 1.82) is 5.26 Å². The normalized spacial score (nSPS) is 23.0. The Hall–Kier alpha value is -2.26. The average Bonchev–Trinajstić information content (AvgIpc) is 2.73. The summed E-state index contributed by atoms with van der Waals surface area (Å²) in [5.74, 6) is 2.06. The van der Waals surface area contributed by atoms with Crippen molar-refractivity contribution in [3.05, 3.63) is 23.8 Å². The van der Waals surface area contributed by atoms with Gasteiger partial charge < -0.3 is 14.4 Å². The number of methoxy groups -OCH3 is 2. The number of carbonyl (C=O) groups excluding carboxylic acids is 1. The summed E-state index contributed by atoms with van der Waals surface area (Å²) in [6.07, 6.45) is 3.46. The number of nitrogens with zero attached hydrogens (tertiary/aromatic N) is 3. The maximum absolute atomic E-state index is 13.2. The summed E-state index contributed by atoms with van der Waals surface area (Å²) in [5, 5.41) is 9.83. The SMILES string of the molecule is COc1ccc(CN(C)C(C)C(=O)N(C)C2(C#N)CCC(C)CC2)c(OC)c1. The molecule has 6 nitrogen and oxygen atoms in total. The predicted octanol–water partition coefficient (Wildman–Crippen LogP) is 3.45. The molecule has 1 fully saturated rings. The molecule has 1 amide bonds. The Balaban J connectivity index is 2.11. The fraction of sp³-hybridized carbons (Fsp3) is 0.636. The molecule has 0 spiro atoms. The van der Waals surface area contributed by atoms with Crippen LogP contribution >= 0.6 is 0 Å². The molecule has 0 aliphatic heterocycles. The van der Waals surface area contributed by atoms with E-state index < -0.39 is 5.54 Å². The Morgan fingerprint density at radius 3 is 2.46 bits per heavy atom. The third-order valence-corrected chi connectivity index (χ3v) is 6.21. The van der Waals surface area contributed by atoms with Crippen molar-refractivity contribution in [2.75, 3.05) is 28.3 Å². The van der Waals surface area contributed by atoms with Gasteiger partial charge in [0.1, 0.15) is 17.0 Å². The second-order valence-corrected chi connectivity index (χ2v) is 7.99. The largest absolute Gasteiger partial charge is 0.497 e. The van der Waals surface area contributed by atoms with Gasteiger partial charge in [0.2, 0.25) is 5.91 Å². The number of benzene rings is 1. The van der Waals surface area contributed by atoms with Crippen molar-refractivity contribution < 1.29 is 14.3 Å². The van der Waals surface area contributed by atoms with E-state index in [9.17, 15) is 10.1 Å². The van der Waals surface area contributed by atoms with Crippen LogP contribution in [0.5, 0.6) is 11.5 Å². The molecule has 0 aromatic heterocycles. The molecule has 1 aromatic carbocycles. The van der Waals surface area contributed by atoms with Crippen LogP contribution in [0.25, 0.3) is 0 Å². The number of hydrogen-bond acceptors (Lipinski definition) is 5. The standard InChI is InChI=1S/C22H33N3O3/c1-16-9-11-22(15-23,12-10-16)25(4)21(26)17(2)24(3)14-18-7-8-19(27-5)13-20(18)28-6/h7-8,13,16-17H,9-12,14H2,1-6H3. The Morgan fingerprint density at radius 2 is 1.93 bits per heavy atom. The Kier molecular flexibility index (Phi) is 7.31. The molecule has 1 atom stereocenters. The lowest BCUT2D eigenvalue weighted by molar-refractivity contribution is -0.140. The van der Waals surface area contributed by atoms with E-state index in [1.807, 2.05) is 37.1 Å². The molecule has 1 aliphatic carbocycles. The van der Waals surface area contributed by atoms with Crippen LogP contribution in [0.3, 0.4) is 0 Å². The van der Waals surface area contributed by atoms with Gasteiger partial charge in [-0.3, -0.25) is 9.69 Å². The van der Waals surface area contributed by atoms with Crippen LogP contribution in [0.4, 0.5) is 0 Å². The number of ether oxygens (including phenoxy) is 2. The van der Waals surface area contributed by atoms with Crippen LogP contribution < -0.4 is 9.47 Å². The molecule has 0 saturated heterocycles. The minimum atomic E-state index is -0.684. The van der Waals surface area contributed by atoms with Gasteiger partial charge in [0.05, 0.1) is 26.3 Å². The van der Waals surface area contributed by atoms with Crippen molar-refractivity contribution in [1.82, 2.24) is 9.80 Å². The van der Waals surface area contributed by atoms with Gasteiger partial charge in [-0.25, -0.2) is 0 Å². The van der Waals surface area contributed by atoms with Crippen LogP contribution in [0.1, 0.15) is 45.1 Å². The maximum Gasteiger partial charge on any atom is 0.240 e. The summed E-state index contributed by atoms with van der Waals surface area (Å²) in [6, 6.07) is 7.78. The molecule has 28 heavy (non-hydrogen) atoms. The molecule has 6 heteroatoms. The van der Waals surface area contributed by atoms with Gasteiger partial charge in [-0.2, -0.15) is 5.26 Å². The van der Waals surface area contributed by atoms with E-state index in [-0.39, 0.29) is 11.9 Å². The van der Waals surface area contributed by atoms with Gasteiger partial charge in [-0.15, -0.1) is 0 Å². The smallest absolute Gasteiger partial charge is 0.240 e. The highest BCUT2D eigenvalue weighted by Crippen LogP contribution is 2.36. The highest BCUT2D eigenvalue weighted by atomic mass is 16.5. The number of rotatable bonds is 7. The monoisotopic (exact) mass is 387 g/mol. The Morgan fingerprint density at radius 1 is 1.29 bits per heavy atom. The number of nitriles is 1. The zero-order valence-corrected chi connectivity index (χ0v) is 18.0. The molecule has 154 valence electrons. The highest BCUT2D eigenvalue weighted by Gasteiger charge is 2.42. The zero-order chi connectivity index (χ0) is 20.9. The number of carbonyl (C=O) groups is 1. The van der Waals surface area contributed by atoms with E-state index in [4.69, 9.17) is 9.47 Å². The topological polar surface area (TPSA) is 65.8 Å². The molecule has 0 N–H and O–H groups in total. The van der Waals surface area contributed by atoms with Crippen molar-refractivity contribution in [2.45, 2.75) is 57.7 Å². The molecule has 0 bridgehead atoms. The molecular formula is C22H33N3O3. The van der Waals surface area contributed by atoms with E-state index in [0.29, 0.717) is 12.5 Å². The molecule has 1 unspecified atom stereocenters. The van der Waals surface area contributed by atoms with Gasteiger partial charge in [0, 0.05) is 25.2 Å². The first kappa shape index (κ1) is 22.0. The summed E-state index contributed by atoms with van der Waals surface area (Å²) in [5.41, 5.74) is 0.297. The Bertz CT molecular complexity index is 720. The quantitative estimate of drug-likeness (QED) is 0.717. The number of amides is 1. The van der Waals surface area contributed by atoms with Gasteiger partial charge >= 0.3 is 0 Å². The molecule has 0 heterocycles. The molecule has 2 rings (SSSR count). The lowest BCUT2D eigenvalue weighted by Crippen LogP contribution is -2.55. The van der Waals surface area contributed by atoms with Crippen molar-refractivity contribution in [3.63, 3.8) is 0 Å². The maximum atomic E-state index is 13.2. The number of hydrogen-bond donors (Lipinski definition) is 0. The second kappa shape index (κ2) is 9.29. The summed E-state index contributed by atoms with van der Waals surface area (Å²) in [7, 11) is 6.94. The summed E-state index contributed by atoms with van der Waals surface area (Å²) >= 11 is 0. The predicted molar refractivity (Wildman–Crippen MR) is 109 cm³/mol. The van der Waals surface area contributed by atoms with Crippen LogP contribution in [-0.4, -0.2) is 55.6 Å². The summed E-state index contributed by atoms with van der Waals surface area (Å²) in [6.45, 7) is 4.66. The molecular weight excluding hydrogens is 354 g/mol. The van der Waals surface area contributed by atoms with Gasteiger partial charge in [-0.05, 0) is 51.6 Å². The summed E-state index contributed by atoms with van der Waals surface area (Å²) < 4.78 is 10.7. The van der Waals surface area contributed by atoms with E-state index in [1.54, 1.807) is 26.2 Å². The molecule has 1 aliphatic rings. The third kappa shape index (κ3) is 4.59. The van der Waals surface area contributed by atoms with Crippen molar-refractivity contribution in [3.8, 4) is 17.6 Å². The van der Waals surface area contributed by atoms with E-state index >= 15 is 0 Å². The van der Waals surface area contributed by atoms with Gasteiger partial charge in [0.15, 0.2) is 0 Å². The lowest BCUT2D eigenvalue weighted by Gasteiger charge is -2.42. The van der Waals surface area contributed by atoms with Crippen LogP contribution in [0, 0.1) is 17.2 Å². The van der Waals surface area contributed by atoms with Crippen LogP contribution in [0.2, 0.25) is 0 Å². The van der Waals surface area contributed by atoms with Crippen molar-refractivity contribution in [2.24, 2.45) is 5.92 Å². The summed E-state index contributed by atoms with van der Waals surface area (Å²) in [4.78, 5) is 16.8. The lowest BCUT2D eigenvalue weighted by atomic mass is 9.77. The zero-order valence-electron chi connectivity index (χ0n) is 18.0. The van der Waals surface area contributed by atoms with Gasteiger partial charge in [-0.1, -0.05) is 13.0 Å². The fourth-order valence-corrected chi connectivity index (χ4v) is 3.83. The van der Waals surface area contributed by atoms with Crippen LogP contribution in [-0.2, 0) is 11.3 Å². The Labute approximate surface area is 169 Å². The van der Waals surface area contributed by atoms with E-state index in [1.165, 1.54) is 0 Å². The first-order valence-corrected chi connectivity index (χ1v) is 9.88. The fourth-order valence-electron chi connectivity index (χ4n) is 3.83.